The summed E-state index contributed by atoms with van der Waals surface area (Å²) in [5.41, 5.74) is 6.69. The fourth-order valence-corrected chi connectivity index (χ4v) is 1.07. The van der Waals surface area contributed by atoms with Gasteiger partial charge in [0.05, 0.1) is 12.7 Å². The summed E-state index contributed by atoms with van der Waals surface area (Å²) in [4.78, 5) is 24.9. The summed E-state index contributed by atoms with van der Waals surface area (Å²) >= 11 is 0. The summed E-state index contributed by atoms with van der Waals surface area (Å²) in [7, 11) is 0. The first-order valence-electron chi connectivity index (χ1n) is 3.70. The Labute approximate surface area is 73.2 Å². The molecule has 2 aromatic heterocycles. The summed E-state index contributed by atoms with van der Waals surface area (Å²) in [5, 5.41) is 0. The Morgan fingerprint density at radius 3 is 3.15 bits per heavy atom. The van der Waals surface area contributed by atoms with E-state index < -0.39 is 0 Å². The summed E-state index contributed by atoms with van der Waals surface area (Å²) in [6.07, 6.45) is 2.38. The van der Waals surface area contributed by atoms with Crippen LogP contribution in [0.25, 0.3) is 11.2 Å². The van der Waals surface area contributed by atoms with Crippen LogP contribution in [0.4, 0.5) is 5.82 Å². The smallest absolute Gasteiger partial charge is 0.183 e. The number of rotatable bonds is 2. The molecule has 2 rings (SSSR count). The molecule has 2 aromatic rings. The Kier molecular flexibility index (Phi) is 1.66. The molecule has 6 heteroatoms. The Bertz CT molecular complexity index is 449. The van der Waals surface area contributed by atoms with Crippen molar-refractivity contribution in [2.75, 3.05) is 5.73 Å². The minimum atomic E-state index is 0.160. The number of nitrogens with one attached hydrogen (secondary N) is 1. The van der Waals surface area contributed by atoms with Gasteiger partial charge in [0.2, 0.25) is 0 Å². The summed E-state index contributed by atoms with van der Waals surface area (Å²) in [5.74, 6) is 0.714. The second kappa shape index (κ2) is 2.81. The topological polar surface area (TPSA) is 97.6 Å². The summed E-state index contributed by atoms with van der Waals surface area (Å²) < 4.78 is 0. The number of H-pyrrole nitrogens is 1. The summed E-state index contributed by atoms with van der Waals surface area (Å²) in [6, 6.07) is 0. The molecule has 0 spiro atoms. The average Bonchev–Trinajstić information content (AvgIpc) is 2.53. The van der Waals surface area contributed by atoms with E-state index in [9.17, 15) is 4.79 Å². The molecule has 6 nitrogen and oxygen atoms in total. The first-order valence-corrected chi connectivity index (χ1v) is 3.70. The second-order valence-corrected chi connectivity index (χ2v) is 2.50. The fraction of sp³-hybridized carbons (Fsp3) is 0.143. The number of nitrogens with zero attached hydrogens (tertiary/aromatic N) is 3. The van der Waals surface area contributed by atoms with E-state index in [-0.39, 0.29) is 6.42 Å². The number of aromatic amines is 1. The highest BCUT2D eigenvalue weighted by Gasteiger charge is 2.05. The lowest BCUT2D eigenvalue weighted by atomic mass is 10.4. The molecule has 0 saturated carbocycles. The van der Waals surface area contributed by atoms with Crippen molar-refractivity contribution in [1.29, 1.82) is 0 Å². The number of hydrogen-bond donors (Lipinski definition) is 2. The van der Waals surface area contributed by atoms with Gasteiger partial charge in [0.25, 0.3) is 0 Å². The molecule has 13 heavy (non-hydrogen) atoms. The van der Waals surface area contributed by atoms with Crippen molar-refractivity contribution < 1.29 is 4.79 Å². The molecule has 0 bridgehead atoms. The van der Waals surface area contributed by atoms with Crippen LogP contribution in [0, 0.1) is 0 Å². The number of carbonyl (C=O) groups is 1. The average molecular weight is 177 g/mol. The van der Waals surface area contributed by atoms with Crippen molar-refractivity contribution in [3.05, 3.63) is 12.2 Å². The molecule has 0 aromatic carbocycles. The Morgan fingerprint density at radius 1 is 1.54 bits per heavy atom. The molecule has 0 amide bonds. The molecule has 0 radical (unpaired) electrons. The Balaban J connectivity index is 2.62. The predicted molar refractivity (Wildman–Crippen MR) is 45.9 cm³/mol. The normalized spacial score (nSPS) is 10.5. The van der Waals surface area contributed by atoms with E-state index in [1.807, 2.05) is 0 Å². The zero-order chi connectivity index (χ0) is 9.26. The number of aldehydes is 1. The van der Waals surface area contributed by atoms with E-state index in [2.05, 4.69) is 19.9 Å². The van der Waals surface area contributed by atoms with Crippen LogP contribution < -0.4 is 5.73 Å². The van der Waals surface area contributed by atoms with E-state index in [0.717, 1.165) is 6.29 Å². The molecule has 0 atom stereocenters. The predicted octanol–water partition coefficient (Wildman–Crippen LogP) is -0.324. The van der Waals surface area contributed by atoms with Gasteiger partial charge in [-0.15, -0.1) is 0 Å². The molecule has 0 aliphatic rings. The minimum absolute atomic E-state index is 0.160. The number of nitrogens with two attached hydrogens (primary N) is 1. The minimum Gasteiger partial charge on any atom is -0.382 e. The molecule has 3 N–H and O–H groups in total. The van der Waals surface area contributed by atoms with E-state index in [0.29, 0.717) is 22.8 Å². The SMILES string of the molecule is Nc1nc(CC=O)nc2nc[nH]c12. The second-order valence-electron chi connectivity index (χ2n) is 2.50. The van der Waals surface area contributed by atoms with Gasteiger partial charge in [-0.1, -0.05) is 0 Å². The third-order valence-electron chi connectivity index (χ3n) is 1.63. The lowest BCUT2D eigenvalue weighted by Crippen LogP contribution is -2.01. The van der Waals surface area contributed by atoms with Crippen molar-refractivity contribution in [3.63, 3.8) is 0 Å². The van der Waals surface area contributed by atoms with E-state index in [1.54, 1.807) is 0 Å². The van der Waals surface area contributed by atoms with Crippen LogP contribution in [0.1, 0.15) is 5.82 Å². The Morgan fingerprint density at radius 2 is 2.38 bits per heavy atom. The lowest BCUT2D eigenvalue weighted by Gasteiger charge is -1.96. The maximum absolute atomic E-state index is 10.2. The van der Waals surface area contributed by atoms with Crippen LogP contribution in [0.15, 0.2) is 6.33 Å². The van der Waals surface area contributed by atoms with Gasteiger partial charge in [-0.25, -0.2) is 15.0 Å². The van der Waals surface area contributed by atoms with Gasteiger partial charge in [-0.3, -0.25) is 0 Å². The highest BCUT2D eigenvalue weighted by Crippen LogP contribution is 2.12. The molecule has 0 aliphatic heterocycles. The number of hydrogen-bond acceptors (Lipinski definition) is 5. The van der Waals surface area contributed by atoms with Crippen LogP contribution in [0.3, 0.4) is 0 Å². The van der Waals surface area contributed by atoms with Crippen molar-refractivity contribution in [3.8, 4) is 0 Å². The third kappa shape index (κ3) is 1.22. The Hall–Kier alpha value is -1.98. The maximum atomic E-state index is 10.2. The zero-order valence-corrected chi connectivity index (χ0v) is 6.69. The van der Waals surface area contributed by atoms with E-state index in [4.69, 9.17) is 5.73 Å². The summed E-state index contributed by atoms with van der Waals surface area (Å²) in [6.45, 7) is 0. The number of nitrogen functional groups attached to an aromatic ring is 1. The van der Waals surface area contributed by atoms with Crippen molar-refractivity contribution in [2.45, 2.75) is 6.42 Å². The third-order valence-corrected chi connectivity index (χ3v) is 1.63. The van der Waals surface area contributed by atoms with Gasteiger partial charge < -0.3 is 15.5 Å². The van der Waals surface area contributed by atoms with Gasteiger partial charge in [-0.2, -0.15) is 0 Å². The fourth-order valence-electron chi connectivity index (χ4n) is 1.07. The molecule has 2 heterocycles. The van der Waals surface area contributed by atoms with Crippen molar-refractivity contribution >= 4 is 23.3 Å². The molecule has 0 unspecified atom stereocenters. The van der Waals surface area contributed by atoms with Gasteiger partial charge in [0.15, 0.2) is 11.5 Å². The van der Waals surface area contributed by atoms with Gasteiger partial charge in [-0.05, 0) is 0 Å². The first kappa shape index (κ1) is 7.66. The molecule has 0 fully saturated rings. The molecule has 0 saturated heterocycles. The maximum Gasteiger partial charge on any atom is 0.183 e. The van der Waals surface area contributed by atoms with Crippen molar-refractivity contribution in [1.82, 2.24) is 19.9 Å². The number of fused-ring (bicyclic) bond motifs is 1. The zero-order valence-electron chi connectivity index (χ0n) is 6.69. The van der Waals surface area contributed by atoms with Gasteiger partial charge >= 0.3 is 0 Å². The van der Waals surface area contributed by atoms with E-state index in [1.165, 1.54) is 6.33 Å². The van der Waals surface area contributed by atoms with Crippen molar-refractivity contribution in [2.24, 2.45) is 0 Å². The molecular formula is C7H7N5O. The van der Waals surface area contributed by atoms with Crippen LogP contribution in [-0.2, 0) is 11.2 Å². The number of aromatic nitrogens is 4. The number of imidazole rings is 1. The quantitative estimate of drug-likeness (QED) is 0.612. The van der Waals surface area contributed by atoms with Crippen LogP contribution in [0.5, 0.6) is 0 Å². The lowest BCUT2D eigenvalue weighted by molar-refractivity contribution is -0.107. The molecule has 0 aliphatic carbocycles. The standard InChI is InChI=1S/C7H7N5O/c8-6-5-7(10-3-9-5)12-4(11-6)1-2-13/h2-3H,1H2,(H3,8,9,10,11,12). The highest BCUT2D eigenvalue weighted by molar-refractivity contribution is 5.81. The first-order chi connectivity index (χ1) is 6.31. The van der Waals surface area contributed by atoms with Gasteiger partial charge in [0.1, 0.15) is 17.6 Å². The van der Waals surface area contributed by atoms with Gasteiger partial charge in [0, 0.05) is 0 Å². The van der Waals surface area contributed by atoms with Crippen LogP contribution in [0.2, 0.25) is 0 Å². The molecular weight excluding hydrogens is 170 g/mol. The monoisotopic (exact) mass is 177 g/mol. The highest BCUT2D eigenvalue weighted by atomic mass is 16.1. The van der Waals surface area contributed by atoms with Crippen LogP contribution in [-0.4, -0.2) is 26.2 Å². The van der Waals surface area contributed by atoms with Crippen LogP contribution >= 0.6 is 0 Å². The number of anilines is 1. The molecule has 66 valence electrons. The van der Waals surface area contributed by atoms with E-state index >= 15 is 0 Å². The number of carbonyl (C=O) groups excluding carboxylic acids is 1. The largest absolute Gasteiger partial charge is 0.382 e.